The highest BCUT2D eigenvalue weighted by molar-refractivity contribution is 7.93. The molecule has 3 aromatic rings. The number of para-hydroxylation sites is 2. The minimum atomic E-state index is -5.08. The van der Waals surface area contributed by atoms with E-state index in [1.807, 2.05) is 43.3 Å². The second-order valence-corrected chi connectivity index (χ2v) is 14.8. The van der Waals surface area contributed by atoms with Crippen molar-refractivity contribution < 1.29 is 49.5 Å². The third kappa shape index (κ3) is 7.42. The predicted octanol–water partition coefficient (Wildman–Crippen LogP) is 2.56. The van der Waals surface area contributed by atoms with E-state index in [0.717, 1.165) is 38.7 Å². The average molecular weight is 687 g/mol. The van der Waals surface area contributed by atoms with Crippen molar-refractivity contribution in [3.63, 3.8) is 0 Å². The van der Waals surface area contributed by atoms with E-state index >= 15 is 0 Å². The minimum Gasteiger partial charge on any atom is -0.475 e. The molecular formula is C29H33F3N4O8S2. The minimum absolute atomic E-state index is 0.0602. The molecule has 3 aromatic carbocycles. The number of aliphatic carboxylic acids is 1. The fraction of sp³-hybridized carbons (Fsp3) is 0.345. The molecule has 1 heterocycles. The molecule has 0 saturated heterocycles. The summed E-state index contributed by atoms with van der Waals surface area (Å²) in [4.78, 5) is 35.2. The van der Waals surface area contributed by atoms with E-state index in [4.69, 9.17) is 9.90 Å². The molecule has 46 heavy (non-hydrogen) atoms. The van der Waals surface area contributed by atoms with E-state index in [2.05, 4.69) is 10.6 Å². The monoisotopic (exact) mass is 686 g/mol. The first kappa shape index (κ1) is 36.3. The topological polar surface area (TPSA) is 170 Å². The number of benzene rings is 3. The van der Waals surface area contributed by atoms with Crippen LogP contribution in [0, 0.1) is 6.92 Å². The number of amides is 2. The number of hydrogen-bond acceptors (Lipinski definition) is 8. The molecule has 17 heteroatoms. The van der Waals surface area contributed by atoms with Gasteiger partial charge >= 0.3 is 12.1 Å². The largest absolute Gasteiger partial charge is 0.490 e. The van der Waals surface area contributed by atoms with Gasteiger partial charge in [-0.2, -0.15) is 13.2 Å². The Balaban J connectivity index is 0.000000738. The van der Waals surface area contributed by atoms with Crippen LogP contribution in [0.1, 0.15) is 18.1 Å². The van der Waals surface area contributed by atoms with Crippen LogP contribution in [0.25, 0.3) is 10.8 Å². The van der Waals surface area contributed by atoms with Crippen LogP contribution in [0.3, 0.4) is 0 Å². The average Bonchev–Trinajstić information content (AvgIpc) is 3.07. The first-order chi connectivity index (χ1) is 21.2. The zero-order valence-electron chi connectivity index (χ0n) is 25.4. The van der Waals surface area contributed by atoms with E-state index in [1.165, 1.54) is 24.9 Å². The molecule has 0 spiro atoms. The molecular weight excluding hydrogens is 653 g/mol. The van der Waals surface area contributed by atoms with Crippen molar-refractivity contribution in [3.8, 4) is 0 Å². The van der Waals surface area contributed by atoms with Crippen molar-refractivity contribution in [3.05, 3.63) is 71.8 Å². The van der Waals surface area contributed by atoms with E-state index in [1.54, 1.807) is 18.2 Å². The summed E-state index contributed by atoms with van der Waals surface area (Å²) in [5.74, 6) is -4.47. The van der Waals surface area contributed by atoms with E-state index in [-0.39, 0.29) is 17.9 Å². The predicted molar refractivity (Wildman–Crippen MR) is 166 cm³/mol. The molecule has 0 aliphatic carbocycles. The molecule has 0 fully saturated rings. The summed E-state index contributed by atoms with van der Waals surface area (Å²) in [7, 11) is -7.02. The maximum atomic E-state index is 14.5. The van der Waals surface area contributed by atoms with Gasteiger partial charge in [-0.15, -0.1) is 0 Å². The van der Waals surface area contributed by atoms with Gasteiger partial charge < -0.3 is 20.6 Å². The first-order valence-electron chi connectivity index (χ1n) is 13.5. The Hall–Kier alpha value is -4.22. The second kappa shape index (κ2) is 13.3. The lowest BCUT2D eigenvalue weighted by atomic mass is 9.99. The van der Waals surface area contributed by atoms with Gasteiger partial charge in [-0.05, 0) is 54.9 Å². The third-order valence-corrected chi connectivity index (χ3v) is 10.2. The first-order valence-corrected chi connectivity index (χ1v) is 17.2. The summed E-state index contributed by atoms with van der Waals surface area (Å²) < 4.78 is 85.8. The van der Waals surface area contributed by atoms with Crippen LogP contribution in [-0.2, 0) is 40.8 Å². The van der Waals surface area contributed by atoms with Crippen LogP contribution in [0.2, 0.25) is 0 Å². The Kier molecular flexibility index (Phi) is 10.4. The SMILES string of the molecule is CN[C@@H](C)C(=O)N[C@]1(S(C)(=O)=O)CN(S(C)(=O)=O)c2ccccc2N(Cc2c(C)ccc3ccccc23)C1=O.O=C(O)C(F)(F)F. The Morgan fingerprint density at radius 2 is 1.52 bits per heavy atom. The van der Waals surface area contributed by atoms with Gasteiger partial charge in [-0.3, -0.25) is 13.9 Å². The third-order valence-electron chi connectivity index (χ3n) is 7.42. The smallest absolute Gasteiger partial charge is 0.475 e. The van der Waals surface area contributed by atoms with Gasteiger partial charge in [0.05, 0.1) is 36.8 Å². The van der Waals surface area contributed by atoms with Gasteiger partial charge in [-0.1, -0.05) is 48.5 Å². The van der Waals surface area contributed by atoms with Crippen molar-refractivity contribution in [2.45, 2.75) is 37.5 Å². The molecule has 0 saturated carbocycles. The number of carboxylic acid groups (broad SMARTS) is 1. The van der Waals surface area contributed by atoms with Gasteiger partial charge in [-0.25, -0.2) is 21.6 Å². The molecule has 4 rings (SSSR count). The zero-order valence-corrected chi connectivity index (χ0v) is 27.0. The van der Waals surface area contributed by atoms with E-state index in [9.17, 15) is 39.6 Å². The van der Waals surface area contributed by atoms with Crippen LogP contribution in [0.4, 0.5) is 24.5 Å². The van der Waals surface area contributed by atoms with Gasteiger partial charge in [0.25, 0.3) is 5.91 Å². The summed E-state index contributed by atoms with van der Waals surface area (Å²) in [5, 5.41) is 14.1. The number of likely N-dealkylation sites (N-methyl/N-ethyl adjacent to an activating group) is 1. The van der Waals surface area contributed by atoms with Crippen molar-refractivity contribution in [1.29, 1.82) is 0 Å². The number of anilines is 2. The summed E-state index contributed by atoms with van der Waals surface area (Å²) in [6.45, 7) is 2.51. The number of aryl methyl sites for hydroxylation is 1. The van der Waals surface area contributed by atoms with Crippen LogP contribution < -0.4 is 19.8 Å². The summed E-state index contributed by atoms with van der Waals surface area (Å²) in [5.41, 5.74) is 1.97. The lowest BCUT2D eigenvalue weighted by molar-refractivity contribution is -0.192. The molecule has 0 aromatic heterocycles. The maximum Gasteiger partial charge on any atom is 0.490 e. The van der Waals surface area contributed by atoms with Crippen molar-refractivity contribution in [2.75, 3.05) is 35.3 Å². The molecule has 3 N–H and O–H groups in total. The number of carbonyl (C=O) groups is 3. The van der Waals surface area contributed by atoms with E-state index in [0.29, 0.717) is 0 Å². The number of nitrogens with zero attached hydrogens (tertiary/aromatic N) is 2. The summed E-state index contributed by atoms with van der Waals surface area (Å²) >= 11 is 0. The standard InChI is InChI=1S/C27H32N4O6S2.C2HF3O2/c1-18-14-15-20-10-6-7-11-21(20)22(18)16-30-23-12-8-9-13-24(23)31(39(5,36)37)17-27(26(30)33,38(4,34)35)29-25(32)19(2)28-3;3-2(4,5)1(6)7/h6-15,19,28H,16-17H2,1-5H3,(H,29,32);(H,6,7)/t19-,27-;/m0./s1. The number of sulfonamides is 1. The number of carboxylic acids is 1. The van der Waals surface area contributed by atoms with E-state index < -0.39 is 61.3 Å². The van der Waals surface area contributed by atoms with Gasteiger partial charge in [0.1, 0.15) is 0 Å². The maximum absolute atomic E-state index is 14.5. The highest BCUT2D eigenvalue weighted by Gasteiger charge is 2.56. The van der Waals surface area contributed by atoms with Crippen molar-refractivity contribution in [2.24, 2.45) is 0 Å². The molecule has 2 amide bonds. The van der Waals surface area contributed by atoms with Crippen LogP contribution in [0.5, 0.6) is 0 Å². The molecule has 0 radical (unpaired) electrons. The van der Waals surface area contributed by atoms with Gasteiger partial charge in [0.15, 0.2) is 9.84 Å². The summed E-state index contributed by atoms with van der Waals surface area (Å²) in [6.07, 6.45) is -3.32. The lowest BCUT2D eigenvalue weighted by Crippen LogP contribution is -2.69. The Morgan fingerprint density at radius 3 is 2.04 bits per heavy atom. The number of carbonyl (C=O) groups excluding carboxylic acids is 2. The Labute approximate surface area is 264 Å². The number of rotatable bonds is 7. The lowest BCUT2D eigenvalue weighted by Gasteiger charge is -2.36. The number of fused-ring (bicyclic) bond motifs is 2. The quantitative estimate of drug-likeness (QED) is 0.338. The summed E-state index contributed by atoms with van der Waals surface area (Å²) in [6, 6.07) is 17.0. The number of alkyl halides is 3. The van der Waals surface area contributed by atoms with Crippen LogP contribution >= 0.6 is 0 Å². The number of hydrogen-bond donors (Lipinski definition) is 3. The second-order valence-electron chi connectivity index (χ2n) is 10.6. The fourth-order valence-corrected chi connectivity index (χ4v) is 6.85. The Bertz CT molecular complexity index is 1880. The molecule has 0 unspecified atom stereocenters. The molecule has 1 aliphatic rings. The molecule has 250 valence electrons. The van der Waals surface area contributed by atoms with Crippen LogP contribution in [-0.4, -0.2) is 82.9 Å². The molecule has 12 nitrogen and oxygen atoms in total. The Morgan fingerprint density at radius 1 is 0.978 bits per heavy atom. The van der Waals surface area contributed by atoms with Gasteiger partial charge in [0, 0.05) is 6.26 Å². The fourth-order valence-electron chi connectivity index (χ4n) is 4.75. The molecule has 2 atom stereocenters. The van der Waals surface area contributed by atoms with Gasteiger partial charge in [0.2, 0.25) is 20.8 Å². The highest BCUT2D eigenvalue weighted by atomic mass is 32.2. The highest BCUT2D eigenvalue weighted by Crippen LogP contribution is 2.40. The number of sulfone groups is 1. The van der Waals surface area contributed by atoms with Crippen molar-refractivity contribution in [1.82, 2.24) is 10.6 Å². The molecule has 1 aliphatic heterocycles. The number of halogens is 3. The number of nitrogens with one attached hydrogen (secondary N) is 2. The van der Waals surface area contributed by atoms with Crippen LogP contribution in [0.15, 0.2) is 60.7 Å². The molecule has 0 bridgehead atoms. The zero-order chi connectivity index (χ0) is 34.8. The van der Waals surface area contributed by atoms with Crippen molar-refractivity contribution >= 4 is 59.8 Å². The normalized spacial score (nSPS) is 17.8.